The summed E-state index contributed by atoms with van der Waals surface area (Å²) in [6, 6.07) is 8.86. The molecule has 168 valence electrons. The minimum Gasteiger partial charge on any atom is -0.376 e. The zero-order valence-electron chi connectivity index (χ0n) is 19.1. The Hall–Kier alpha value is -2.38. The van der Waals surface area contributed by atoms with Gasteiger partial charge in [-0.3, -0.25) is 9.58 Å². The van der Waals surface area contributed by atoms with Crippen molar-refractivity contribution in [2.45, 2.75) is 45.4 Å². The van der Waals surface area contributed by atoms with Gasteiger partial charge in [-0.05, 0) is 37.0 Å². The van der Waals surface area contributed by atoms with Crippen LogP contribution in [0.3, 0.4) is 0 Å². The summed E-state index contributed by atoms with van der Waals surface area (Å²) in [5.41, 5.74) is 3.94. The lowest BCUT2D eigenvalue weighted by molar-refractivity contribution is -0.0212. The molecule has 2 aromatic rings. The maximum atomic E-state index is 5.67. The number of likely N-dealkylation sites (tertiary alicyclic amines) is 1. The number of aryl methyl sites for hydroxylation is 1. The van der Waals surface area contributed by atoms with E-state index in [1.807, 2.05) is 17.9 Å². The first kappa shape index (κ1) is 21.8. The van der Waals surface area contributed by atoms with Gasteiger partial charge < -0.3 is 15.0 Å². The maximum Gasteiger partial charge on any atom is 0.194 e. The number of rotatable bonds is 6. The number of morpholine rings is 1. The topological polar surface area (TPSA) is 57.9 Å². The van der Waals surface area contributed by atoms with E-state index in [0.717, 1.165) is 58.3 Å². The van der Waals surface area contributed by atoms with Crippen LogP contribution in [0.25, 0.3) is 0 Å². The van der Waals surface area contributed by atoms with Crippen molar-refractivity contribution in [3.05, 3.63) is 53.3 Å². The average molecular weight is 425 g/mol. The molecule has 0 amide bonds. The van der Waals surface area contributed by atoms with Crippen LogP contribution in [-0.4, -0.2) is 71.0 Å². The molecular weight excluding hydrogens is 388 g/mol. The first-order valence-corrected chi connectivity index (χ1v) is 11.5. The second kappa shape index (κ2) is 10.3. The minimum absolute atomic E-state index is 0.320. The number of hydrogen-bond acceptors (Lipinski definition) is 4. The molecule has 2 atom stereocenters. The SMILES string of the molecule is CCNC(=NCc1cccc(CN2CCOC(C)C2)c1)N1CCC(c2cnn(C)c2)C1. The van der Waals surface area contributed by atoms with Crippen LogP contribution in [0.15, 0.2) is 41.7 Å². The molecule has 2 saturated heterocycles. The molecule has 31 heavy (non-hydrogen) atoms. The predicted octanol–water partition coefficient (Wildman–Crippen LogP) is 2.60. The highest BCUT2D eigenvalue weighted by atomic mass is 16.5. The minimum atomic E-state index is 0.320. The molecule has 0 bridgehead atoms. The summed E-state index contributed by atoms with van der Waals surface area (Å²) in [5, 5.41) is 7.83. The van der Waals surface area contributed by atoms with Gasteiger partial charge >= 0.3 is 0 Å². The highest BCUT2D eigenvalue weighted by Crippen LogP contribution is 2.26. The fourth-order valence-corrected chi connectivity index (χ4v) is 4.59. The molecule has 1 aromatic carbocycles. The van der Waals surface area contributed by atoms with Crippen LogP contribution in [0, 0.1) is 0 Å². The second-order valence-corrected chi connectivity index (χ2v) is 8.79. The van der Waals surface area contributed by atoms with Crippen LogP contribution >= 0.6 is 0 Å². The van der Waals surface area contributed by atoms with Crippen molar-refractivity contribution < 1.29 is 4.74 Å². The van der Waals surface area contributed by atoms with Crippen molar-refractivity contribution in [1.29, 1.82) is 0 Å². The summed E-state index contributed by atoms with van der Waals surface area (Å²) in [6.45, 7) is 11.7. The van der Waals surface area contributed by atoms with E-state index >= 15 is 0 Å². The third kappa shape index (κ3) is 5.86. The molecule has 2 aliphatic heterocycles. The number of ether oxygens (including phenoxy) is 1. The molecule has 1 aromatic heterocycles. The Bertz CT molecular complexity index is 878. The lowest BCUT2D eigenvalue weighted by Gasteiger charge is -2.31. The van der Waals surface area contributed by atoms with Gasteiger partial charge in [-0.2, -0.15) is 5.10 Å². The van der Waals surface area contributed by atoms with Crippen molar-refractivity contribution in [2.24, 2.45) is 12.0 Å². The average Bonchev–Trinajstić information content (AvgIpc) is 3.41. The Kier molecular flexibility index (Phi) is 7.25. The van der Waals surface area contributed by atoms with Crippen molar-refractivity contribution in [1.82, 2.24) is 24.9 Å². The van der Waals surface area contributed by atoms with Gasteiger partial charge in [0, 0.05) is 58.4 Å². The van der Waals surface area contributed by atoms with Gasteiger partial charge in [-0.15, -0.1) is 0 Å². The molecule has 1 N–H and O–H groups in total. The zero-order valence-corrected chi connectivity index (χ0v) is 19.1. The molecule has 2 aliphatic rings. The lowest BCUT2D eigenvalue weighted by atomic mass is 10.0. The molecular formula is C24H36N6O. The van der Waals surface area contributed by atoms with Gasteiger partial charge in [0.2, 0.25) is 0 Å². The number of aliphatic imine (C=N–C) groups is 1. The summed E-state index contributed by atoms with van der Waals surface area (Å²) in [4.78, 5) is 9.84. The Labute approximate surface area is 186 Å². The summed E-state index contributed by atoms with van der Waals surface area (Å²) < 4.78 is 7.56. The Morgan fingerprint density at radius 1 is 1.26 bits per heavy atom. The van der Waals surface area contributed by atoms with Crippen molar-refractivity contribution in [3.63, 3.8) is 0 Å². The Morgan fingerprint density at radius 3 is 2.90 bits per heavy atom. The van der Waals surface area contributed by atoms with Gasteiger partial charge in [-0.25, -0.2) is 4.99 Å². The highest BCUT2D eigenvalue weighted by molar-refractivity contribution is 5.80. The number of nitrogens with one attached hydrogen (secondary N) is 1. The van der Waals surface area contributed by atoms with E-state index in [-0.39, 0.29) is 0 Å². The predicted molar refractivity (Wildman–Crippen MR) is 124 cm³/mol. The largest absolute Gasteiger partial charge is 0.376 e. The molecule has 0 saturated carbocycles. The summed E-state index contributed by atoms with van der Waals surface area (Å²) in [7, 11) is 1.98. The van der Waals surface area contributed by atoms with E-state index in [4.69, 9.17) is 9.73 Å². The number of guanidine groups is 1. The quantitative estimate of drug-likeness (QED) is 0.571. The van der Waals surface area contributed by atoms with Crippen molar-refractivity contribution >= 4 is 5.96 Å². The van der Waals surface area contributed by atoms with Crippen molar-refractivity contribution in [3.8, 4) is 0 Å². The fraction of sp³-hybridized carbons (Fsp3) is 0.583. The molecule has 7 nitrogen and oxygen atoms in total. The van der Waals surface area contributed by atoms with Gasteiger partial charge in [0.05, 0.1) is 25.5 Å². The normalized spacial score (nSPS) is 22.8. The van der Waals surface area contributed by atoms with Gasteiger partial charge in [-0.1, -0.05) is 24.3 Å². The monoisotopic (exact) mass is 424 g/mol. The third-order valence-corrected chi connectivity index (χ3v) is 6.15. The van der Waals surface area contributed by atoms with Gasteiger partial charge in [0.1, 0.15) is 0 Å². The lowest BCUT2D eigenvalue weighted by Crippen LogP contribution is -2.40. The van der Waals surface area contributed by atoms with Crippen molar-refractivity contribution in [2.75, 3.05) is 39.3 Å². The van der Waals surface area contributed by atoms with E-state index in [1.165, 1.54) is 16.7 Å². The smallest absolute Gasteiger partial charge is 0.194 e. The first-order chi connectivity index (χ1) is 15.1. The Morgan fingerprint density at radius 2 is 2.13 bits per heavy atom. The molecule has 0 aliphatic carbocycles. The first-order valence-electron chi connectivity index (χ1n) is 11.5. The molecule has 2 fully saturated rings. The highest BCUT2D eigenvalue weighted by Gasteiger charge is 2.27. The molecule has 3 heterocycles. The maximum absolute atomic E-state index is 5.67. The number of aromatic nitrogens is 2. The van der Waals surface area contributed by atoms with E-state index in [0.29, 0.717) is 18.6 Å². The number of benzene rings is 1. The van der Waals surface area contributed by atoms with E-state index < -0.39 is 0 Å². The third-order valence-electron chi connectivity index (χ3n) is 6.15. The van der Waals surface area contributed by atoms with Crippen LogP contribution in [0.1, 0.15) is 42.9 Å². The molecule has 7 heteroatoms. The summed E-state index contributed by atoms with van der Waals surface area (Å²) in [5.74, 6) is 1.54. The van der Waals surface area contributed by atoms with Gasteiger partial charge in [0.15, 0.2) is 5.96 Å². The molecule has 2 unspecified atom stereocenters. The number of hydrogen-bond donors (Lipinski definition) is 1. The van der Waals surface area contributed by atoms with E-state index in [1.54, 1.807) is 0 Å². The second-order valence-electron chi connectivity index (χ2n) is 8.79. The Balaban J connectivity index is 1.38. The van der Waals surface area contributed by atoms with E-state index in [2.05, 4.69) is 64.5 Å². The van der Waals surface area contributed by atoms with Crippen LogP contribution < -0.4 is 5.32 Å². The van der Waals surface area contributed by atoms with Crippen LogP contribution in [-0.2, 0) is 24.9 Å². The number of nitrogens with zero attached hydrogens (tertiary/aromatic N) is 5. The fourth-order valence-electron chi connectivity index (χ4n) is 4.59. The zero-order chi connectivity index (χ0) is 21.6. The molecule has 0 spiro atoms. The summed E-state index contributed by atoms with van der Waals surface area (Å²) in [6.07, 6.45) is 5.60. The standard InChI is InChI=1S/C24H36N6O/c1-4-25-24(30-9-8-22(18-30)23-14-27-28(3)17-23)26-13-20-6-5-7-21(12-20)16-29-10-11-31-19(2)15-29/h5-7,12,14,17,19,22H,4,8-11,13,15-16,18H2,1-3H3,(H,25,26). The van der Waals surface area contributed by atoms with Crippen LogP contribution in [0.4, 0.5) is 0 Å². The van der Waals surface area contributed by atoms with Crippen LogP contribution in [0.2, 0.25) is 0 Å². The molecule has 4 rings (SSSR count). The van der Waals surface area contributed by atoms with E-state index in [9.17, 15) is 0 Å². The summed E-state index contributed by atoms with van der Waals surface area (Å²) >= 11 is 0. The molecule has 0 radical (unpaired) electrons. The van der Waals surface area contributed by atoms with Gasteiger partial charge in [0.25, 0.3) is 0 Å². The van der Waals surface area contributed by atoms with Crippen LogP contribution in [0.5, 0.6) is 0 Å².